The molecule has 1 saturated heterocycles. The van der Waals surface area contributed by atoms with Gasteiger partial charge in [0.1, 0.15) is 19.0 Å². The van der Waals surface area contributed by atoms with Crippen molar-refractivity contribution in [3.05, 3.63) is 30.0 Å². The molecule has 0 unspecified atom stereocenters. The van der Waals surface area contributed by atoms with Crippen LogP contribution in [-0.4, -0.2) is 67.0 Å². The second-order valence-electron chi connectivity index (χ2n) is 6.85. The number of anilines is 3. The van der Waals surface area contributed by atoms with E-state index >= 15 is 0 Å². The highest BCUT2D eigenvalue weighted by atomic mass is 16.6. The van der Waals surface area contributed by atoms with E-state index < -0.39 is 0 Å². The van der Waals surface area contributed by atoms with Crippen LogP contribution in [0, 0.1) is 6.92 Å². The molecule has 1 aromatic heterocycles. The minimum absolute atomic E-state index is 0.265. The summed E-state index contributed by atoms with van der Waals surface area (Å²) >= 11 is 0. The van der Waals surface area contributed by atoms with Crippen molar-refractivity contribution in [2.45, 2.75) is 13.8 Å². The van der Waals surface area contributed by atoms with Crippen LogP contribution in [0.3, 0.4) is 0 Å². The van der Waals surface area contributed by atoms with E-state index in [0.29, 0.717) is 57.8 Å². The standard InChI is InChI=1S/C20H25N5O4/c1-3-27-20(26)25-8-6-24(7-9-25)19-21-14(2)12-18(23-19)22-15-4-5-16-17(13-15)29-11-10-28-16/h4-5,12-13H,3,6-11H2,1-2H3,(H,21,22,23). The summed E-state index contributed by atoms with van der Waals surface area (Å²) in [5.41, 5.74) is 1.73. The summed E-state index contributed by atoms with van der Waals surface area (Å²) in [7, 11) is 0. The monoisotopic (exact) mass is 399 g/mol. The van der Waals surface area contributed by atoms with Gasteiger partial charge in [-0.1, -0.05) is 0 Å². The largest absolute Gasteiger partial charge is 0.486 e. The van der Waals surface area contributed by atoms with Crippen molar-refractivity contribution in [2.75, 3.05) is 56.2 Å². The predicted octanol–water partition coefficient (Wildman–Crippen LogP) is 2.58. The van der Waals surface area contributed by atoms with Gasteiger partial charge < -0.3 is 29.3 Å². The molecule has 1 fully saturated rings. The van der Waals surface area contributed by atoms with Gasteiger partial charge in [0.2, 0.25) is 5.95 Å². The second kappa shape index (κ2) is 8.42. The third-order valence-electron chi connectivity index (χ3n) is 4.75. The first-order chi connectivity index (χ1) is 14.1. The van der Waals surface area contributed by atoms with Crippen molar-refractivity contribution in [2.24, 2.45) is 0 Å². The molecule has 9 heteroatoms. The van der Waals surface area contributed by atoms with Crippen LogP contribution in [0.2, 0.25) is 0 Å². The molecule has 2 aromatic rings. The van der Waals surface area contributed by atoms with Gasteiger partial charge >= 0.3 is 6.09 Å². The Morgan fingerprint density at radius 2 is 1.86 bits per heavy atom. The Morgan fingerprint density at radius 1 is 1.10 bits per heavy atom. The maximum Gasteiger partial charge on any atom is 0.409 e. The Bertz CT molecular complexity index is 883. The number of hydrogen-bond donors (Lipinski definition) is 1. The molecule has 2 aliphatic rings. The second-order valence-corrected chi connectivity index (χ2v) is 6.85. The number of piperazine rings is 1. The summed E-state index contributed by atoms with van der Waals surface area (Å²) in [6.07, 6.45) is -0.265. The van der Waals surface area contributed by atoms with Crippen molar-refractivity contribution < 1.29 is 19.0 Å². The maximum absolute atomic E-state index is 11.9. The number of ether oxygens (including phenoxy) is 3. The maximum atomic E-state index is 11.9. The smallest absolute Gasteiger partial charge is 0.409 e. The fourth-order valence-corrected chi connectivity index (χ4v) is 3.33. The average Bonchev–Trinajstić information content (AvgIpc) is 2.73. The Labute approximate surface area is 169 Å². The summed E-state index contributed by atoms with van der Waals surface area (Å²) < 4.78 is 16.3. The van der Waals surface area contributed by atoms with E-state index in [0.717, 1.165) is 22.9 Å². The summed E-state index contributed by atoms with van der Waals surface area (Å²) in [5, 5.41) is 3.32. The molecule has 0 atom stereocenters. The molecule has 29 heavy (non-hydrogen) atoms. The number of hydrogen-bond acceptors (Lipinski definition) is 8. The van der Waals surface area contributed by atoms with E-state index in [1.165, 1.54) is 0 Å². The lowest BCUT2D eigenvalue weighted by atomic mass is 10.2. The first-order valence-corrected chi connectivity index (χ1v) is 9.81. The highest BCUT2D eigenvalue weighted by Crippen LogP contribution is 2.33. The molecule has 1 aromatic carbocycles. The van der Waals surface area contributed by atoms with Gasteiger partial charge in [-0.05, 0) is 26.0 Å². The number of fused-ring (bicyclic) bond motifs is 1. The predicted molar refractivity (Wildman–Crippen MR) is 108 cm³/mol. The van der Waals surface area contributed by atoms with E-state index in [1.54, 1.807) is 4.90 Å². The van der Waals surface area contributed by atoms with Crippen LogP contribution in [0.25, 0.3) is 0 Å². The number of carbonyl (C=O) groups excluding carboxylic acids is 1. The van der Waals surface area contributed by atoms with Gasteiger partial charge in [0.25, 0.3) is 0 Å². The molecule has 4 rings (SSSR count). The molecule has 0 saturated carbocycles. The van der Waals surface area contributed by atoms with Crippen LogP contribution >= 0.6 is 0 Å². The molecule has 0 radical (unpaired) electrons. The van der Waals surface area contributed by atoms with Crippen molar-refractivity contribution in [3.8, 4) is 11.5 Å². The third-order valence-corrected chi connectivity index (χ3v) is 4.75. The van der Waals surface area contributed by atoms with Crippen molar-refractivity contribution >= 4 is 23.5 Å². The lowest BCUT2D eigenvalue weighted by Gasteiger charge is -2.34. The van der Waals surface area contributed by atoms with Crippen molar-refractivity contribution in [1.29, 1.82) is 0 Å². The summed E-state index contributed by atoms with van der Waals surface area (Å²) in [4.78, 5) is 24.9. The lowest BCUT2D eigenvalue weighted by molar-refractivity contribution is 0.105. The van der Waals surface area contributed by atoms with Gasteiger partial charge in [0.15, 0.2) is 11.5 Å². The average molecular weight is 399 g/mol. The van der Waals surface area contributed by atoms with Crippen LogP contribution in [0.15, 0.2) is 24.3 Å². The van der Waals surface area contributed by atoms with E-state index in [2.05, 4.69) is 20.2 Å². The Kier molecular flexibility index (Phi) is 5.55. The topological polar surface area (TPSA) is 89.1 Å². The van der Waals surface area contributed by atoms with Crippen LogP contribution in [0.4, 0.5) is 22.2 Å². The van der Waals surface area contributed by atoms with Crippen molar-refractivity contribution in [1.82, 2.24) is 14.9 Å². The number of nitrogens with one attached hydrogen (secondary N) is 1. The minimum Gasteiger partial charge on any atom is -0.486 e. The van der Waals surface area contributed by atoms with E-state index in [4.69, 9.17) is 14.2 Å². The van der Waals surface area contributed by atoms with E-state index in [1.807, 2.05) is 38.1 Å². The van der Waals surface area contributed by atoms with Gasteiger partial charge in [-0.25, -0.2) is 9.78 Å². The summed E-state index contributed by atoms with van der Waals surface area (Å²) in [6, 6.07) is 7.63. The molecule has 2 aliphatic heterocycles. The normalized spacial score (nSPS) is 15.8. The fourth-order valence-electron chi connectivity index (χ4n) is 3.33. The quantitative estimate of drug-likeness (QED) is 0.839. The zero-order valence-corrected chi connectivity index (χ0v) is 16.7. The number of aromatic nitrogens is 2. The summed E-state index contributed by atoms with van der Waals surface area (Å²) in [6.45, 7) is 7.73. The molecule has 1 N–H and O–H groups in total. The van der Waals surface area contributed by atoms with E-state index in [9.17, 15) is 4.79 Å². The molecule has 9 nitrogen and oxygen atoms in total. The molecule has 0 bridgehead atoms. The number of benzene rings is 1. The summed E-state index contributed by atoms with van der Waals surface area (Å²) in [5.74, 6) is 2.83. The Morgan fingerprint density at radius 3 is 2.62 bits per heavy atom. The molecule has 1 amide bonds. The van der Waals surface area contributed by atoms with Crippen LogP contribution in [0.5, 0.6) is 11.5 Å². The van der Waals surface area contributed by atoms with Gasteiger partial charge in [0, 0.05) is 49.7 Å². The van der Waals surface area contributed by atoms with Gasteiger partial charge in [-0.3, -0.25) is 0 Å². The van der Waals surface area contributed by atoms with Gasteiger partial charge in [-0.15, -0.1) is 0 Å². The van der Waals surface area contributed by atoms with E-state index in [-0.39, 0.29) is 6.09 Å². The number of amides is 1. The van der Waals surface area contributed by atoms with Gasteiger partial charge in [0.05, 0.1) is 6.61 Å². The highest BCUT2D eigenvalue weighted by Gasteiger charge is 2.23. The number of nitrogens with zero attached hydrogens (tertiary/aromatic N) is 4. The fraction of sp³-hybridized carbons (Fsp3) is 0.450. The van der Waals surface area contributed by atoms with Crippen molar-refractivity contribution in [3.63, 3.8) is 0 Å². The zero-order valence-electron chi connectivity index (χ0n) is 16.7. The van der Waals surface area contributed by atoms with Crippen LogP contribution in [-0.2, 0) is 4.74 Å². The first-order valence-electron chi connectivity index (χ1n) is 9.81. The van der Waals surface area contributed by atoms with Crippen LogP contribution in [0.1, 0.15) is 12.6 Å². The van der Waals surface area contributed by atoms with Crippen LogP contribution < -0.4 is 19.7 Å². The van der Waals surface area contributed by atoms with Gasteiger partial charge in [-0.2, -0.15) is 4.98 Å². The molecule has 0 aliphatic carbocycles. The molecule has 0 spiro atoms. The lowest BCUT2D eigenvalue weighted by Crippen LogP contribution is -2.49. The number of aryl methyl sites for hydroxylation is 1. The highest BCUT2D eigenvalue weighted by molar-refractivity contribution is 5.68. The molecular weight excluding hydrogens is 374 g/mol. The molecule has 3 heterocycles. The number of carbonyl (C=O) groups is 1. The Hall–Kier alpha value is -3.23. The number of rotatable bonds is 4. The third kappa shape index (κ3) is 4.44. The zero-order chi connectivity index (χ0) is 20.2. The Balaban J connectivity index is 1.45. The molecular formula is C20H25N5O4. The molecule has 154 valence electrons. The SMILES string of the molecule is CCOC(=O)N1CCN(c2nc(C)cc(Nc3ccc4c(c3)OCCO4)n2)CC1. The minimum atomic E-state index is -0.265. The first kappa shape index (κ1) is 19.1.